The van der Waals surface area contributed by atoms with Crippen LogP contribution in [0.25, 0.3) is 0 Å². The van der Waals surface area contributed by atoms with Crippen LogP contribution in [0.1, 0.15) is 68.6 Å². The zero-order valence-electron chi connectivity index (χ0n) is 17.4. The van der Waals surface area contributed by atoms with Crippen LogP contribution in [0.4, 0.5) is 0 Å². The summed E-state index contributed by atoms with van der Waals surface area (Å²) < 4.78 is 4.98. The lowest BCUT2D eigenvalue weighted by molar-refractivity contribution is 0.0524. The Labute approximate surface area is 176 Å². The fourth-order valence-electron chi connectivity index (χ4n) is 3.48. The molecule has 2 amide bonds. The van der Waals surface area contributed by atoms with Gasteiger partial charge in [0.25, 0.3) is 11.8 Å². The van der Waals surface area contributed by atoms with E-state index >= 15 is 0 Å². The molecule has 0 radical (unpaired) electrons. The summed E-state index contributed by atoms with van der Waals surface area (Å²) in [5.74, 6) is -0.763. The molecule has 0 spiro atoms. The van der Waals surface area contributed by atoms with Crippen molar-refractivity contribution in [2.45, 2.75) is 39.7 Å². The van der Waals surface area contributed by atoms with Crippen molar-refractivity contribution in [2.75, 3.05) is 19.7 Å². The first kappa shape index (κ1) is 21.5. The molecule has 1 aliphatic rings. The maximum atomic E-state index is 12.7. The molecule has 0 atom stereocenters. The molecular formula is C23H27N3O4. The third-order valence-electron chi connectivity index (χ3n) is 5.08. The molecule has 1 N–H and O–H groups in total. The quantitative estimate of drug-likeness (QED) is 0.741. The summed E-state index contributed by atoms with van der Waals surface area (Å²) in [6.07, 6.45) is 3.26. The van der Waals surface area contributed by atoms with Crippen LogP contribution in [0.5, 0.6) is 0 Å². The van der Waals surface area contributed by atoms with Crippen molar-refractivity contribution in [3.8, 4) is 0 Å². The number of pyridine rings is 1. The number of hydrogen-bond donors (Lipinski definition) is 1. The predicted octanol–water partition coefficient (Wildman–Crippen LogP) is 3.12. The molecule has 30 heavy (non-hydrogen) atoms. The second-order valence-corrected chi connectivity index (χ2v) is 7.29. The molecular weight excluding hydrogens is 382 g/mol. The van der Waals surface area contributed by atoms with Gasteiger partial charge in [0.1, 0.15) is 5.69 Å². The molecule has 0 saturated carbocycles. The molecule has 1 aromatic heterocycles. The number of piperidine rings is 1. The van der Waals surface area contributed by atoms with Gasteiger partial charge in [-0.2, -0.15) is 0 Å². The van der Waals surface area contributed by atoms with E-state index in [0.29, 0.717) is 16.8 Å². The second kappa shape index (κ2) is 10.0. The Morgan fingerprint density at radius 1 is 1.10 bits per heavy atom. The molecule has 0 aliphatic carbocycles. The number of rotatable bonds is 6. The van der Waals surface area contributed by atoms with E-state index in [1.54, 1.807) is 26.0 Å². The van der Waals surface area contributed by atoms with E-state index in [1.807, 2.05) is 23.1 Å². The van der Waals surface area contributed by atoms with Gasteiger partial charge in [-0.1, -0.05) is 12.1 Å². The summed E-state index contributed by atoms with van der Waals surface area (Å²) in [4.78, 5) is 43.1. The van der Waals surface area contributed by atoms with E-state index < -0.39 is 5.97 Å². The van der Waals surface area contributed by atoms with Gasteiger partial charge in [-0.3, -0.25) is 9.59 Å². The van der Waals surface area contributed by atoms with Crippen LogP contribution in [0.2, 0.25) is 0 Å². The Bertz CT molecular complexity index is 936. The van der Waals surface area contributed by atoms with E-state index in [2.05, 4.69) is 10.3 Å². The number of hydrogen-bond acceptors (Lipinski definition) is 5. The number of benzene rings is 1. The number of esters is 1. The summed E-state index contributed by atoms with van der Waals surface area (Å²) >= 11 is 0. The van der Waals surface area contributed by atoms with Crippen LogP contribution in [-0.2, 0) is 11.3 Å². The highest BCUT2D eigenvalue weighted by Crippen LogP contribution is 2.15. The average Bonchev–Trinajstić information content (AvgIpc) is 2.77. The van der Waals surface area contributed by atoms with Crippen molar-refractivity contribution >= 4 is 17.8 Å². The molecule has 1 fully saturated rings. The summed E-state index contributed by atoms with van der Waals surface area (Å²) in [6.45, 7) is 5.55. The third kappa shape index (κ3) is 5.23. The first-order valence-corrected chi connectivity index (χ1v) is 10.3. The standard InChI is InChI=1S/C23H27N3O4/c1-3-30-23(29)19-10-11-20(25-16(19)2)21(27)24-15-17-8-7-9-18(14-17)22(28)26-12-5-4-6-13-26/h7-11,14H,3-6,12-13,15H2,1-2H3,(H,24,27). The molecule has 1 saturated heterocycles. The van der Waals surface area contributed by atoms with Gasteiger partial charge in [-0.25, -0.2) is 9.78 Å². The number of ether oxygens (including phenoxy) is 1. The smallest absolute Gasteiger partial charge is 0.339 e. The van der Waals surface area contributed by atoms with Crippen molar-refractivity contribution < 1.29 is 19.1 Å². The van der Waals surface area contributed by atoms with Crippen molar-refractivity contribution in [1.29, 1.82) is 0 Å². The van der Waals surface area contributed by atoms with Gasteiger partial charge in [0.05, 0.1) is 17.9 Å². The summed E-state index contributed by atoms with van der Waals surface area (Å²) in [5.41, 5.74) is 2.48. The number of amides is 2. The number of carbonyl (C=O) groups excluding carboxylic acids is 3. The van der Waals surface area contributed by atoms with Gasteiger partial charge in [-0.15, -0.1) is 0 Å². The summed E-state index contributed by atoms with van der Waals surface area (Å²) in [5, 5.41) is 2.82. The van der Waals surface area contributed by atoms with Gasteiger partial charge in [-0.05, 0) is 62.9 Å². The van der Waals surface area contributed by atoms with E-state index in [1.165, 1.54) is 12.5 Å². The lowest BCUT2D eigenvalue weighted by atomic mass is 10.1. The first-order chi connectivity index (χ1) is 14.5. The molecule has 0 unspecified atom stereocenters. The molecule has 3 rings (SSSR count). The Hall–Kier alpha value is -3.22. The predicted molar refractivity (Wildman–Crippen MR) is 112 cm³/mol. The maximum absolute atomic E-state index is 12.7. The van der Waals surface area contributed by atoms with Crippen molar-refractivity contribution in [3.63, 3.8) is 0 Å². The molecule has 158 valence electrons. The Morgan fingerprint density at radius 2 is 1.87 bits per heavy atom. The number of aromatic nitrogens is 1. The Morgan fingerprint density at radius 3 is 2.57 bits per heavy atom. The zero-order chi connectivity index (χ0) is 21.5. The highest BCUT2D eigenvalue weighted by molar-refractivity contribution is 5.95. The SMILES string of the molecule is CCOC(=O)c1ccc(C(=O)NCc2cccc(C(=O)N3CCCCC3)c2)nc1C. The average molecular weight is 409 g/mol. The lowest BCUT2D eigenvalue weighted by Gasteiger charge is -2.26. The molecule has 1 aliphatic heterocycles. The van der Waals surface area contributed by atoms with Gasteiger partial charge in [0, 0.05) is 25.2 Å². The molecule has 7 nitrogen and oxygen atoms in total. The normalized spacial score (nSPS) is 13.6. The zero-order valence-corrected chi connectivity index (χ0v) is 17.4. The van der Waals surface area contributed by atoms with E-state index in [4.69, 9.17) is 4.74 Å². The minimum Gasteiger partial charge on any atom is -0.462 e. The number of aryl methyl sites for hydroxylation is 1. The van der Waals surface area contributed by atoms with E-state index in [0.717, 1.165) is 31.5 Å². The van der Waals surface area contributed by atoms with E-state index in [9.17, 15) is 14.4 Å². The van der Waals surface area contributed by atoms with Crippen molar-refractivity contribution in [2.24, 2.45) is 0 Å². The molecule has 2 heterocycles. The van der Waals surface area contributed by atoms with Gasteiger partial charge in [0.2, 0.25) is 0 Å². The highest BCUT2D eigenvalue weighted by Gasteiger charge is 2.19. The number of likely N-dealkylation sites (tertiary alicyclic amines) is 1. The number of carbonyl (C=O) groups is 3. The number of nitrogens with one attached hydrogen (secondary N) is 1. The largest absolute Gasteiger partial charge is 0.462 e. The Kier molecular flexibility index (Phi) is 7.17. The highest BCUT2D eigenvalue weighted by atomic mass is 16.5. The van der Waals surface area contributed by atoms with Crippen LogP contribution >= 0.6 is 0 Å². The van der Waals surface area contributed by atoms with Gasteiger partial charge < -0.3 is 15.0 Å². The van der Waals surface area contributed by atoms with Crippen LogP contribution in [0.15, 0.2) is 36.4 Å². The summed E-state index contributed by atoms with van der Waals surface area (Å²) in [6, 6.07) is 10.4. The minimum absolute atomic E-state index is 0.0368. The topological polar surface area (TPSA) is 88.6 Å². The van der Waals surface area contributed by atoms with Crippen LogP contribution < -0.4 is 5.32 Å². The van der Waals surface area contributed by atoms with Gasteiger partial charge >= 0.3 is 5.97 Å². The second-order valence-electron chi connectivity index (χ2n) is 7.29. The van der Waals surface area contributed by atoms with E-state index in [-0.39, 0.29) is 30.7 Å². The molecule has 2 aromatic rings. The molecule has 0 bridgehead atoms. The van der Waals surface area contributed by atoms with Crippen molar-refractivity contribution in [1.82, 2.24) is 15.2 Å². The Balaban J connectivity index is 1.62. The van der Waals surface area contributed by atoms with Crippen molar-refractivity contribution in [3.05, 3.63) is 64.5 Å². The van der Waals surface area contributed by atoms with Gasteiger partial charge in [0.15, 0.2) is 0 Å². The fraction of sp³-hybridized carbons (Fsp3) is 0.391. The van der Waals surface area contributed by atoms with Crippen LogP contribution in [-0.4, -0.2) is 47.4 Å². The van der Waals surface area contributed by atoms with Crippen LogP contribution in [0, 0.1) is 6.92 Å². The monoisotopic (exact) mass is 409 g/mol. The first-order valence-electron chi connectivity index (χ1n) is 10.3. The fourth-order valence-corrected chi connectivity index (χ4v) is 3.48. The minimum atomic E-state index is -0.454. The molecule has 1 aromatic carbocycles. The van der Waals surface area contributed by atoms with Crippen LogP contribution in [0.3, 0.4) is 0 Å². The lowest BCUT2D eigenvalue weighted by Crippen LogP contribution is -2.35. The maximum Gasteiger partial charge on any atom is 0.339 e. The third-order valence-corrected chi connectivity index (χ3v) is 5.08. The molecule has 7 heteroatoms. The number of nitrogens with zero attached hydrogens (tertiary/aromatic N) is 2. The summed E-state index contributed by atoms with van der Waals surface area (Å²) in [7, 11) is 0.